The number of rotatable bonds is 4. The van der Waals surface area contributed by atoms with Crippen molar-refractivity contribution in [2.45, 2.75) is 37.5 Å². The summed E-state index contributed by atoms with van der Waals surface area (Å²) in [5.74, 6) is 0.199. The normalized spacial score (nSPS) is 19.6. The highest BCUT2D eigenvalue weighted by atomic mass is 35.5. The van der Waals surface area contributed by atoms with Crippen LogP contribution in [0.15, 0.2) is 54.6 Å². The van der Waals surface area contributed by atoms with Crippen LogP contribution in [0.25, 0.3) is 0 Å². The van der Waals surface area contributed by atoms with Crippen LogP contribution in [-0.4, -0.2) is 39.4 Å². The first-order valence-electron chi connectivity index (χ1n) is 8.48. The minimum absolute atomic E-state index is 0. The lowest BCUT2D eigenvalue weighted by Gasteiger charge is -2.42. The molecule has 1 aliphatic heterocycles. The monoisotopic (exact) mass is 363 g/mol. The third-order valence-corrected chi connectivity index (χ3v) is 5.20. The van der Waals surface area contributed by atoms with Crippen molar-refractivity contribution in [1.82, 2.24) is 4.90 Å². The van der Waals surface area contributed by atoms with Gasteiger partial charge in [-0.15, -0.1) is 12.4 Å². The maximum absolute atomic E-state index is 10.9. The summed E-state index contributed by atoms with van der Waals surface area (Å²) in [6.07, 6.45) is 0.696. The number of nitrogens with zero attached hydrogens (tertiary/aromatic N) is 1. The van der Waals surface area contributed by atoms with Crippen LogP contribution in [-0.2, 0) is 5.60 Å². The van der Waals surface area contributed by atoms with E-state index in [2.05, 4.69) is 4.90 Å². The molecule has 5 heteroatoms. The lowest BCUT2D eigenvalue weighted by atomic mass is 9.83. The molecular weight excluding hydrogens is 338 g/mol. The van der Waals surface area contributed by atoms with Gasteiger partial charge in [0.2, 0.25) is 0 Å². The fourth-order valence-corrected chi connectivity index (χ4v) is 3.49. The Kier molecular flexibility index (Phi) is 6.47. The Morgan fingerprint density at radius 2 is 1.52 bits per heavy atom. The van der Waals surface area contributed by atoms with Gasteiger partial charge >= 0.3 is 0 Å². The zero-order valence-electron chi connectivity index (χ0n) is 14.4. The van der Waals surface area contributed by atoms with E-state index in [1.807, 2.05) is 37.3 Å². The molecule has 0 bridgehead atoms. The van der Waals surface area contributed by atoms with Gasteiger partial charge < -0.3 is 15.3 Å². The van der Waals surface area contributed by atoms with E-state index in [9.17, 15) is 15.3 Å². The molecule has 0 unspecified atom stereocenters. The Labute approximate surface area is 155 Å². The molecule has 25 heavy (non-hydrogen) atoms. The Morgan fingerprint density at radius 1 is 0.960 bits per heavy atom. The zero-order valence-corrected chi connectivity index (χ0v) is 15.2. The molecule has 0 radical (unpaired) electrons. The molecule has 1 aliphatic rings. The van der Waals surface area contributed by atoms with E-state index in [-0.39, 0.29) is 24.2 Å². The number of phenolic OH excluding ortho intramolecular Hbond substituents is 1. The predicted octanol–water partition coefficient (Wildman–Crippen LogP) is 3.22. The van der Waals surface area contributed by atoms with Crippen molar-refractivity contribution >= 4 is 12.4 Å². The standard InChI is InChI=1S/C20H25NO3.ClH/c1-15(19(23)16-7-9-18(22)10-8-16)21-13-11-20(24,12-14-21)17-5-3-2-4-6-17;/h2-10,15,19,22-24H,11-14H2,1H3;1H/t15-,19+;/m0./s1. The molecule has 2 aromatic rings. The van der Waals surface area contributed by atoms with E-state index in [0.29, 0.717) is 12.8 Å². The molecule has 3 rings (SSSR count). The molecule has 0 aromatic heterocycles. The van der Waals surface area contributed by atoms with Gasteiger partial charge in [0.1, 0.15) is 5.75 Å². The van der Waals surface area contributed by atoms with E-state index in [4.69, 9.17) is 0 Å². The molecule has 3 N–H and O–H groups in total. The summed E-state index contributed by atoms with van der Waals surface area (Å²) in [7, 11) is 0. The number of hydrogen-bond acceptors (Lipinski definition) is 4. The number of aliphatic hydroxyl groups is 2. The molecule has 136 valence electrons. The van der Waals surface area contributed by atoms with Gasteiger partial charge in [-0.25, -0.2) is 0 Å². The van der Waals surface area contributed by atoms with Crippen LogP contribution in [0.5, 0.6) is 5.75 Å². The highest BCUT2D eigenvalue weighted by molar-refractivity contribution is 5.85. The van der Waals surface area contributed by atoms with Crippen molar-refractivity contribution in [3.8, 4) is 5.75 Å². The molecular formula is C20H26ClNO3. The molecule has 0 amide bonds. The van der Waals surface area contributed by atoms with E-state index in [1.165, 1.54) is 0 Å². The molecule has 0 saturated carbocycles. The highest BCUT2D eigenvalue weighted by Crippen LogP contribution is 2.34. The average molecular weight is 364 g/mol. The van der Waals surface area contributed by atoms with Gasteiger partial charge in [0.05, 0.1) is 11.7 Å². The maximum Gasteiger partial charge on any atom is 0.115 e. The second kappa shape index (κ2) is 8.19. The quantitative estimate of drug-likeness (QED) is 0.780. The van der Waals surface area contributed by atoms with E-state index >= 15 is 0 Å². The Hall–Kier alpha value is -1.59. The van der Waals surface area contributed by atoms with Crippen LogP contribution in [0.2, 0.25) is 0 Å². The van der Waals surface area contributed by atoms with Gasteiger partial charge in [-0.2, -0.15) is 0 Å². The van der Waals surface area contributed by atoms with Gasteiger partial charge in [0.15, 0.2) is 0 Å². The summed E-state index contributed by atoms with van der Waals surface area (Å²) in [5, 5.41) is 30.9. The Bertz CT molecular complexity index is 654. The molecule has 2 aromatic carbocycles. The Morgan fingerprint density at radius 3 is 2.08 bits per heavy atom. The number of benzene rings is 2. The van der Waals surface area contributed by atoms with Crippen LogP contribution < -0.4 is 0 Å². The Balaban J connectivity index is 0.00000225. The summed E-state index contributed by atoms with van der Waals surface area (Å²) in [6, 6.07) is 16.5. The molecule has 4 nitrogen and oxygen atoms in total. The lowest BCUT2D eigenvalue weighted by molar-refractivity contribution is -0.0501. The third-order valence-electron chi connectivity index (χ3n) is 5.20. The number of aromatic hydroxyl groups is 1. The fraction of sp³-hybridized carbons (Fsp3) is 0.400. The van der Waals surface area contributed by atoms with Crippen LogP contribution in [0.4, 0.5) is 0 Å². The molecule has 0 aliphatic carbocycles. The molecule has 2 atom stereocenters. The predicted molar refractivity (Wildman–Crippen MR) is 101 cm³/mol. The van der Waals surface area contributed by atoms with Crippen molar-refractivity contribution in [3.05, 3.63) is 65.7 Å². The molecule has 1 fully saturated rings. The van der Waals surface area contributed by atoms with Gasteiger partial charge in [0, 0.05) is 19.1 Å². The zero-order chi connectivity index (χ0) is 17.2. The average Bonchev–Trinajstić information content (AvgIpc) is 2.62. The second-order valence-electron chi connectivity index (χ2n) is 6.71. The van der Waals surface area contributed by atoms with Gasteiger partial charge in [-0.05, 0) is 43.0 Å². The van der Waals surface area contributed by atoms with Crippen molar-refractivity contribution in [2.75, 3.05) is 13.1 Å². The fourth-order valence-electron chi connectivity index (χ4n) is 3.49. The van der Waals surface area contributed by atoms with Gasteiger partial charge in [-0.1, -0.05) is 42.5 Å². The third kappa shape index (κ3) is 4.33. The number of piperidine rings is 1. The second-order valence-corrected chi connectivity index (χ2v) is 6.71. The van der Waals surface area contributed by atoms with Crippen molar-refractivity contribution in [3.63, 3.8) is 0 Å². The summed E-state index contributed by atoms with van der Waals surface area (Å²) in [5.41, 5.74) is 0.988. The van der Waals surface area contributed by atoms with Crippen LogP contribution >= 0.6 is 12.4 Å². The SMILES string of the molecule is C[C@@H]([C@@H](O)c1ccc(O)cc1)N1CCC(O)(c2ccccc2)CC1.Cl. The highest BCUT2D eigenvalue weighted by Gasteiger charge is 2.36. The molecule has 1 saturated heterocycles. The first-order chi connectivity index (χ1) is 11.5. The topological polar surface area (TPSA) is 63.9 Å². The number of aliphatic hydroxyl groups excluding tert-OH is 1. The molecule has 1 heterocycles. The number of phenols is 1. The first kappa shape index (κ1) is 19.7. The minimum Gasteiger partial charge on any atom is -0.508 e. The maximum atomic E-state index is 10.9. The summed E-state index contributed by atoms with van der Waals surface area (Å²) in [4.78, 5) is 2.22. The van der Waals surface area contributed by atoms with Crippen molar-refractivity contribution < 1.29 is 15.3 Å². The van der Waals surface area contributed by atoms with E-state index < -0.39 is 11.7 Å². The number of halogens is 1. The summed E-state index contributed by atoms with van der Waals surface area (Å²) >= 11 is 0. The minimum atomic E-state index is -0.777. The molecule has 0 spiro atoms. The largest absolute Gasteiger partial charge is 0.508 e. The first-order valence-corrected chi connectivity index (χ1v) is 8.48. The summed E-state index contributed by atoms with van der Waals surface area (Å²) < 4.78 is 0. The lowest BCUT2D eigenvalue weighted by Crippen LogP contribution is -2.47. The van der Waals surface area contributed by atoms with E-state index in [0.717, 1.165) is 24.2 Å². The van der Waals surface area contributed by atoms with Crippen LogP contribution in [0.3, 0.4) is 0 Å². The smallest absolute Gasteiger partial charge is 0.115 e. The van der Waals surface area contributed by atoms with Crippen LogP contribution in [0.1, 0.15) is 37.0 Å². The van der Waals surface area contributed by atoms with Crippen LogP contribution in [0, 0.1) is 0 Å². The van der Waals surface area contributed by atoms with Gasteiger partial charge in [-0.3, -0.25) is 4.90 Å². The van der Waals surface area contributed by atoms with Gasteiger partial charge in [0.25, 0.3) is 0 Å². The van der Waals surface area contributed by atoms with Crippen molar-refractivity contribution in [1.29, 1.82) is 0 Å². The number of likely N-dealkylation sites (tertiary alicyclic amines) is 1. The van der Waals surface area contributed by atoms with Crippen molar-refractivity contribution in [2.24, 2.45) is 0 Å². The summed E-state index contributed by atoms with van der Waals surface area (Å²) in [6.45, 7) is 3.48. The van der Waals surface area contributed by atoms with E-state index in [1.54, 1.807) is 24.3 Å². The number of hydrogen-bond donors (Lipinski definition) is 3.